The minimum atomic E-state index is -0.831. The standard InChI is InChI=1S/C26H26O4S/c1-26(2)23(24(27)17-12-14-18(28-3)15-13-17)25(21-10-5-6-11-22(21)30-26)31-20-9-7-8-19(16-20)29-4/h5-16,24,27H,1-4H3. The number of hydrogen-bond acceptors (Lipinski definition) is 5. The summed E-state index contributed by atoms with van der Waals surface area (Å²) in [6, 6.07) is 23.4. The highest BCUT2D eigenvalue weighted by Crippen LogP contribution is 2.51. The van der Waals surface area contributed by atoms with Crippen molar-refractivity contribution in [2.45, 2.75) is 30.4 Å². The fourth-order valence-electron chi connectivity index (χ4n) is 3.79. The molecule has 0 aromatic heterocycles. The van der Waals surface area contributed by atoms with Crippen molar-refractivity contribution < 1.29 is 19.3 Å². The van der Waals surface area contributed by atoms with Crippen molar-refractivity contribution in [2.75, 3.05) is 14.2 Å². The Hall–Kier alpha value is -2.89. The van der Waals surface area contributed by atoms with Gasteiger partial charge in [-0.3, -0.25) is 0 Å². The molecule has 1 heterocycles. The molecule has 0 aliphatic carbocycles. The molecule has 4 nitrogen and oxygen atoms in total. The van der Waals surface area contributed by atoms with Crippen molar-refractivity contribution in [3.05, 3.63) is 89.5 Å². The second kappa shape index (κ2) is 8.69. The quantitative estimate of drug-likeness (QED) is 0.507. The maximum absolute atomic E-state index is 11.5. The van der Waals surface area contributed by atoms with E-state index in [-0.39, 0.29) is 0 Å². The first-order valence-corrected chi connectivity index (χ1v) is 10.9. The summed E-state index contributed by atoms with van der Waals surface area (Å²) in [5, 5.41) is 11.5. The van der Waals surface area contributed by atoms with E-state index in [1.165, 1.54) is 0 Å². The van der Waals surface area contributed by atoms with Gasteiger partial charge in [0.1, 0.15) is 29.0 Å². The van der Waals surface area contributed by atoms with Gasteiger partial charge in [-0.1, -0.05) is 48.2 Å². The zero-order chi connectivity index (χ0) is 22.0. The summed E-state index contributed by atoms with van der Waals surface area (Å²) in [6.45, 7) is 3.99. The molecule has 0 saturated heterocycles. The molecule has 0 radical (unpaired) electrons. The molecule has 5 heteroatoms. The van der Waals surface area contributed by atoms with Gasteiger partial charge < -0.3 is 19.3 Å². The summed E-state index contributed by atoms with van der Waals surface area (Å²) >= 11 is 1.61. The Morgan fingerprint density at radius 1 is 0.871 bits per heavy atom. The lowest BCUT2D eigenvalue weighted by Gasteiger charge is -2.39. The summed E-state index contributed by atoms with van der Waals surface area (Å²) in [7, 11) is 3.29. The zero-order valence-corrected chi connectivity index (χ0v) is 18.9. The van der Waals surface area contributed by atoms with E-state index in [9.17, 15) is 5.11 Å². The summed E-state index contributed by atoms with van der Waals surface area (Å²) < 4.78 is 17.0. The summed E-state index contributed by atoms with van der Waals surface area (Å²) in [5.41, 5.74) is 1.88. The van der Waals surface area contributed by atoms with Crippen LogP contribution in [0, 0.1) is 0 Å². The van der Waals surface area contributed by atoms with Crippen LogP contribution in [0.3, 0.4) is 0 Å². The normalized spacial score (nSPS) is 15.6. The lowest BCUT2D eigenvalue weighted by atomic mass is 9.85. The van der Waals surface area contributed by atoms with Gasteiger partial charge in [0.2, 0.25) is 0 Å². The van der Waals surface area contributed by atoms with E-state index in [2.05, 4.69) is 0 Å². The maximum atomic E-state index is 11.5. The average molecular weight is 435 g/mol. The van der Waals surface area contributed by atoms with Gasteiger partial charge in [0.05, 0.1) is 14.2 Å². The molecular weight excluding hydrogens is 408 g/mol. The van der Waals surface area contributed by atoms with E-state index in [1.54, 1.807) is 26.0 Å². The zero-order valence-electron chi connectivity index (χ0n) is 18.1. The molecule has 1 atom stereocenters. The number of ether oxygens (including phenoxy) is 3. The Morgan fingerprint density at radius 3 is 2.29 bits per heavy atom. The molecule has 0 fully saturated rings. The van der Waals surface area contributed by atoms with Crippen LogP contribution >= 0.6 is 11.8 Å². The monoisotopic (exact) mass is 434 g/mol. The molecule has 0 spiro atoms. The molecule has 31 heavy (non-hydrogen) atoms. The van der Waals surface area contributed by atoms with Gasteiger partial charge in [-0.25, -0.2) is 0 Å². The predicted molar refractivity (Wildman–Crippen MR) is 125 cm³/mol. The smallest absolute Gasteiger partial charge is 0.129 e. The van der Waals surface area contributed by atoms with E-state index in [1.807, 2.05) is 86.6 Å². The van der Waals surface area contributed by atoms with E-state index in [0.29, 0.717) is 0 Å². The number of aliphatic hydroxyl groups is 1. The fourth-order valence-corrected chi connectivity index (χ4v) is 5.09. The molecule has 1 aliphatic heterocycles. The van der Waals surface area contributed by atoms with Crippen LogP contribution in [0.15, 0.2) is 83.3 Å². The number of hydrogen-bond donors (Lipinski definition) is 1. The van der Waals surface area contributed by atoms with Gasteiger partial charge in [0.15, 0.2) is 0 Å². The largest absolute Gasteiger partial charge is 0.497 e. The molecular formula is C26H26O4S. The maximum Gasteiger partial charge on any atom is 0.129 e. The number of para-hydroxylation sites is 1. The number of fused-ring (bicyclic) bond motifs is 1. The lowest BCUT2D eigenvalue weighted by molar-refractivity contribution is 0.0990. The number of methoxy groups -OCH3 is 2. The SMILES string of the molecule is COc1ccc(C(O)C2=C(Sc3cccc(OC)c3)c3ccccc3OC2(C)C)cc1. The third kappa shape index (κ3) is 4.29. The van der Waals surface area contributed by atoms with Crippen LogP contribution in [0.2, 0.25) is 0 Å². The Labute approximate surface area is 187 Å². The lowest BCUT2D eigenvalue weighted by Crippen LogP contribution is -2.37. The first-order chi connectivity index (χ1) is 14.9. The molecule has 1 N–H and O–H groups in total. The number of thioether (sulfide) groups is 1. The summed E-state index contributed by atoms with van der Waals surface area (Å²) in [4.78, 5) is 2.02. The van der Waals surface area contributed by atoms with Crippen LogP contribution < -0.4 is 14.2 Å². The van der Waals surface area contributed by atoms with Crippen molar-refractivity contribution in [1.82, 2.24) is 0 Å². The van der Waals surface area contributed by atoms with Crippen molar-refractivity contribution in [2.24, 2.45) is 0 Å². The third-order valence-electron chi connectivity index (χ3n) is 5.36. The first-order valence-electron chi connectivity index (χ1n) is 10.1. The van der Waals surface area contributed by atoms with Crippen LogP contribution in [0.4, 0.5) is 0 Å². The third-order valence-corrected chi connectivity index (χ3v) is 6.49. The minimum absolute atomic E-state index is 0.700. The average Bonchev–Trinajstić information content (AvgIpc) is 2.78. The van der Waals surface area contributed by atoms with E-state index in [0.717, 1.165) is 43.7 Å². The molecule has 0 bridgehead atoms. The molecule has 1 unspecified atom stereocenters. The van der Waals surface area contributed by atoms with Gasteiger partial charge in [0.25, 0.3) is 0 Å². The van der Waals surface area contributed by atoms with E-state index < -0.39 is 11.7 Å². The summed E-state index contributed by atoms with van der Waals surface area (Å²) in [5.74, 6) is 2.35. The fraction of sp³-hybridized carbons (Fsp3) is 0.231. The second-order valence-electron chi connectivity index (χ2n) is 7.81. The van der Waals surface area contributed by atoms with Crippen LogP contribution in [-0.4, -0.2) is 24.9 Å². The molecule has 0 amide bonds. The second-order valence-corrected chi connectivity index (χ2v) is 8.89. The van der Waals surface area contributed by atoms with Crippen molar-refractivity contribution in [1.29, 1.82) is 0 Å². The van der Waals surface area contributed by atoms with E-state index in [4.69, 9.17) is 14.2 Å². The van der Waals surface area contributed by atoms with Crippen LogP contribution in [-0.2, 0) is 0 Å². The molecule has 160 valence electrons. The Bertz CT molecular complexity index is 1100. The highest BCUT2D eigenvalue weighted by molar-refractivity contribution is 8.08. The molecule has 3 aromatic carbocycles. The predicted octanol–water partition coefficient (Wildman–Crippen LogP) is 6.11. The Morgan fingerprint density at radius 2 is 1.58 bits per heavy atom. The Kier molecular flexibility index (Phi) is 5.99. The van der Waals surface area contributed by atoms with Gasteiger partial charge in [-0.15, -0.1) is 0 Å². The van der Waals surface area contributed by atoms with Crippen molar-refractivity contribution >= 4 is 16.7 Å². The molecule has 0 saturated carbocycles. The van der Waals surface area contributed by atoms with Gasteiger partial charge >= 0.3 is 0 Å². The highest BCUT2D eigenvalue weighted by atomic mass is 32.2. The van der Waals surface area contributed by atoms with Crippen molar-refractivity contribution in [3.8, 4) is 17.2 Å². The summed E-state index contributed by atoms with van der Waals surface area (Å²) in [6.07, 6.45) is -0.831. The van der Waals surface area contributed by atoms with Gasteiger partial charge in [-0.2, -0.15) is 0 Å². The molecule has 1 aliphatic rings. The van der Waals surface area contributed by atoms with Gasteiger partial charge in [0, 0.05) is 20.9 Å². The van der Waals surface area contributed by atoms with Crippen LogP contribution in [0.5, 0.6) is 17.2 Å². The van der Waals surface area contributed by atoms with Crippen LogP contribution in [0.1, 0.15) is 31.1 Å². The van der Waals surface area contributed by atoms with Crippen molar-refractivity contribution in [3.63, 3.8) is 0 Å². The first kappa shape index (κ1) is 21.3. The molecule has 3 aromatic rings. The number of rotatable bonds is 6. The molecule has 4 rings (SSSR count). The number of benzene rings is 3. The van der Waals surface area contributed by atoms with Gasteiger partial charge in [-0.05, 0) is 55.8 Å². The minimum Gasteiger partial charge on any atom is -0.497 e. The Balaban J connectivity index is 1.87. The highest BCUT2D eigenvalue weighted by Gasteiger charge is 2.39. The number of aliphatic hydroxyl groups excluding tert-OH is 1. The topological polar surface area (TPSA) is 47.9 Å². The van der Waals surface area contributed by atoms with Crippen LogP contribution in [0.25, 0.3) is 4.91 Å². The van der Waals surface area contributed by atoms with E-state index >= 15 is 0 Å².